The van der Waals surface area contributed by atoms with Gasteiger partial charge in [0.05, 0.1) is 0 Å². The van der Waals surface area contributed by atoms with Crippen molar-refractivity contribution in [3.63, 3.8) is 0 Å². The molecule has 0 unspecified atom stereocenters. The molecule has 1 aromatic carbocycles. The zero-order valence-corrected chi connectivity index (χ0v) is 8.26. The van der Waals surface area contributed by atoms with Crippen LogP contribution >= 0.6 is 0 Å². The summed E-state index contributed by atoms with van der Waals surface area (Å²) < 4.78 is 0. The Morgan fingerprint density at radius 1 is 1.27 bits per heavy atom. The van der Waals surface area contributed by atoms with Crippen LogP contribution in [0.1, 0.15) is 18.4 Å². The average Bonchev–Trinajstić information content (AvgIpc) is 2.20. The summed E-state index contributed by atoms with van der Waals surface area (Å²) in [5.41, 5.74) is 1.02. The molecule has 1 rings (SSSR count). The smallest absolute Gasteiger partial charge is 0.332 e. The molecule has 0 aliphatic heterocycles. The maximum atomic E-state index is 10.3. The molecule has 0 bridgehead atoms. The predicted molar refractivity (Wildman–Crippen MR) is 54.7 cm³/mol. The van der Waals surface area contributed by atoms with E-state index in [2.05, 4.69) is 0 Å². The van der Waals surface area contributed by atoms with Gasteiger partial charge in [-0.3, -0.25) is 0 Å². The van der Waals surface area contributed by atoms with E-state index in [4.69, 9.17) is 15.3 Å². The Morgan fingerprint density at radius 2 is 1.87 bits per heavy atom. The lowest BCUT2D eigenvalue weighted by atomic mass is 10.1. The zero-order chi connectivity index (χ0) is 11.3. The van der Waals surface area contributed by atoms with E-state index in [1.54, 1.807) is 24.3 Å². The molecule has 0 saturated heterocycles. The van der Waals surface area contributed by atoms with E-state index in [9.17, 15) is 4.79 Å². The molecule has 82 valence electrons. The Morgan fingerprint density at radius 3 is 2.40 bits per heavy atom. The summed E-state index contributed by atoms with van der Waals surface area (Å²) in [6.07, 6.45) is 0.279. The third-order valence-electron chi connectivity index (χ3n) is 2.16. The van der Waals surface area contributed by atoms with E-state index >= 15 is 0 Å². The van der Waals surface area contributed by atoms with Crippen molar-refractivity contribution in [1.29, 1.82) is 0 Å². The van der Waals surface area contributed by atoms with Crippen LogP contribution in [0.3, 0.4) is 0 Å². The maximum Gasteiger partial charge on any atom is 0.332 e. The number of phenolic OH excluding ortho intramolecular Hbond substituents is 1. The Hall–Kier alpha value is -1.55. The normalized spacial score (nSPS) is 12.3. The summed E-state index contributed by atoms with van der Waals surface area (Å²) in [6, 6.07) is 6.73. The quantitative estimate of drug-likeness (QED) is 0.681. The Kier molecular flexibility index (Phi) is 4.12. The topological polar surface area (TPSA) is 77.8 Å². The van der Waals surface area contributed by atoms with Crippen molar-refractivity contribution in [2.45, 2.75) is 25.4 Å². The molecule has 0 saturated carbocycles. The van der Waals surface area contributed by atoms with Gasteiger partial charge in [-0.15, -0.1) is 0 Å². The number of aliphatic hydroxyl groups is 1. The fourth-order valence-electron chi connectivity index (χ4n) is 1.29. The van der Waals surface area contributed by atoms with Gasteiger partial charge >= 0.3 is 5.97 Å². The SMILES string of the molecule is O=C(O)[C@@H](O)CCCc1ccc(O)cc1. The highest BCUT2D eigenvalue weighted by Crippen LogP contribution is 2.12. The second-order valence-electron chi connectivity index (χ2n) is 3.41. The van der Waals surface area contributed by atoms with E-state index in [0.29, 0.717) is 12.8 Å². The van der Waals surface area contributed by atoms with Crippen molar-refractivity contribution >= 4 is 5.97 Å². The van der Waals surface area contributed by atoms with E-state index < -0.39 is 12.1 Å². The highest BCUT2D eigenvalue weighted by atomic mass is 16.4. The molecule has 0 fully saturated rings. The molecule has 0 spiro atoms. The van der Waals surface area contributed by atoms with Crippen molar-refractivity contribution in [3.8, 4) is 5.75 Å². The van der Waals surface area contributed by atoms with Gasteiger partial charge in [0.25, 0.3) is 0 Å². The van der Waals surface area contributed by atoms with Crippen LogP contribution in [0.15, 0.2) is 24.3 Å². The lowest BCUT2D eigenvalue weighted by Crippen LogP contribution is -2.19. The van der Waals surface area contributed by atoms with Crippen LogP contribution in [-0.4, -0.2) is 27.4 Å². The molecular weight excluding hydrogens is 196 g/mol. The largest absolute Gasteiger partial charge is 0.508 e. The van der Waals surface area contributed by atoms with Gasteiger partial charge in [-0.25, -0.2) is 4.79 Å². The van der Waals surface area contributed by atoms with Gasteiger partial charge in [0.15, 0.2) is 6.10 Å². The molecule has 0 heterocycles. The molecule has 0 aliphatic carbocycles. The third-order valence-corrected chi connectivity index (χ3v) is 2.16. The number of carbonyl (C=O) groups is 1. The summed E-state index contributed by atoms with van der Waals surface area (Å²) in [5.74, 6) is -0.968. The number of phenols is 1. The van der Waals surface area contributed by atoms with E-state index in [1.807, 2.05) is 0 Å². The lowest BCUT2D eigenvalue weighted by molar-refractivity contribution is -0.146. The Bertz CT molecular complexity index is 318. The van der Waals surface area contributed by atoms with Crippen molar-refractivity contribution in [2.24, 2.45) is 0 Å². The summed E-state index contributed by atoms with van der Waals surface area (Å²) >= 11 is 0. The number of aryl methyl sites for hydroxylation is 1. The first-order valence-electron chi connectivity index (χ1n) is 4.78. The van der Waals surface area contributed by atoms with Crippen LogP contribution in [0, 0.1) is 0 Å². The minimum Gasteiger partial charge on any atom is -0.508 e. The average molecular weight is 210 g/mol. The Labute approximate surface area is 87.8 Å². The molecule has 0 radical (unpaired) electrons. The van der Waals surface area contributed by atoms with Gasteiger partial charge in [0.2, 0.25) is 0 Å². The first-order chi connectivity index (χ1) is 7.09. The van der Waals surface area contributed by atoms with Gasteiger partial charge < -0.3 is 15.3 Å². The molecule has 0 amide bonds. The number of aliphatic hydroxyl groups excluding tert-OH is 1. The molecule has 15 heavy (non-hydrogen) atoms. The van der Waals surface area contributed by atoms with Crippen molar-refractivity contribution in [1.82, 2.24) is 0 Å². The molecule has 3 N–H and O–H groups in total. The fraction of sp³-hybridized carbons (Fsp3) is 0.364. The number of benzene rings is 1. The number of aromatic hydroxyl groups is 1. The molecule has 0 aliphatic rings. The van der Waals surface area contributed by atoms with Crippen LogP contribution in [-0.2, 0) is 11.2 Å². The second-order valence-corrected chi connectivity index (χ2v) is 3.41. The van der Waals surface area contributed by atoms with Gasteiger partial charge in [0, 0.05) is 0 Å². The number of carboxylic acid groups (broad SMARTS) is 1. The van der Waals surface area contributed by atoms with Crippen molar-refractivity contribution in [3.05, 3.63) is 29.8 Å². The van der Waals surface area contributed by atoms with Crippen LogP contribution < -0.4 is 0 Å². The molecular formula is C11H14O4. The summed E-state index contributed by atoms with van der Waals surface area (Å²) in [6.45, 7) is 0. The van der Waals surface area contributed by atoms with Crippen molar-refractivity contribution < 1.29 is 20.1 Å². The zero-order valence-electron chi connectivity index (χ0n) is 8.26. The lowest BCUT2D eigenvalue weighted by Gasteiger charge is -2.05. The molecule has 1 aromatic rings. The van der Waals surface area contributed by atoms with Gasteiger partial charge in [-0.1, -0.05) is 12.1 Å². The fourth-order valence-corrected chi connectivity index (χ4v) is 1.29. The maximum absolute atomic E-state index is 10.3. The third kappa shape index (κ3) is 3.99. The summed E-state index contributed by atoms with van der Waals surface area (Å²) in [4.78, 5) is 10.3. The summed E-state index contributed by atoms with van der Waals surface area (Å²) in [7, 11) is 0. The highest BCUT2D eigenvalue weighted by Gasteiger charge is 2.11. The monoisotopic (exact) mass is 210 g/mol. The van der Waals surface area contributed by atoms with Crippen LogP contribution in [0.2, 0.25) is 0 Å². The predicted octanol–water partition coefficient (Wildman–Crippen LogP) is 1.16. The Balaban J connectivity index is 2.32. The number of aliphatic carboxylic acids is 1. The van der Waals surface area contributed by atoms with Gasteiger partial charge in [-0.2, -0.15) is 0 Å². The number of hydrogen-bond acceptors (Lipinski definition) is 3. The first-order valence-corrected chi connectivity index (χ1v) is 4.78. The molecule has 1 atom stereocenters. The van der Waals surface area contributed by atoms with E-state index in [-0.39, 0.29) is 12.2 Å². The number of rotatable bonds is 5. The highest BCUT2D eigenvalue weighted by molar-refractivity contribution is 5.71. The molecule has 4 heteroatoms. The van der Waals surface area contributed by atoms with Gasteiger partial charge in [0.1, 0.15) is 5.75 Å². The van der Waals surface area contributed by atoms with Crippen LogP contribution in [0.25, 0.3) is 0 Å². The minimum absolute atomic E-state index is 0.212. The molecule has 4 nitrogen and oxygen atoms in total. The van der Waals surface area contributed by atoms with Gasteiger partial charge in [-0.05, 0) is 37.0 Å². The van der Waals surface area contributed by atoms with E-state index in [1.165, 1.54) is 0 Å². The van der Waals surface area contributed by atoms with Crippen LogP contribution in [0.4, 0.5) is 0 Å². The molecule has 0 aromatic heterocycles. The second kappa shape index (κ2) is 5.36. The number of hydrogen-bond donors (Lipinski definition) is 3. The number of carboxylic acids is 1. The van der Waals surface area contributed by atoms with Crippen LogP contribution in [0.5, 0.6) is 5.75 Å². The van der Waals surface area contributed by atoms with E-state index in [0.717, 1.165) is 5.56 Å². The van der Waals surface area contributed by atoms with Crippen molar-refractivity contribution in [2.75, 3.05) is 0 Å². The summed E-state index contributed by atoms with van der Waals surface area (Å²) in [5, 5.41) is 26.5. The standard InChI is InChI=1S/C11H14O4/c12-9-6-4-8(5-7-9)2-1-3-10(13)11(14)15/h4-7,10,12-13H,1-3H2,(H,14,15)/t10-/m0/s1. The minimum atomic E-state index is -1.28. The first kappa shape index (κ1) is 11.5.